The van der Waals surface area contributed by atoms with Crippen LogP contribution < -0.4 is 4.90 Å². The van der Waals surface area contributed by atoms with Crippen LogP contribution in [0.15, 0.2) is 41.6 Å². The van der Waals surface area contributed by atoms with Crippen molar-refractivity contribution in [3.05, 3.63) is 52.2 Å². The molecule has 2 unspecified atom stereocenters. The van der Waals surface area contributed by atoms with Gasteiger partial charge in [-0.25, -0.2) is 0 Å². The van der Waals surface area contributed by atoms with Gasteiger partial charge in [0.1, 0.15) is 0 Å². The average Bonchev–Trinajstić information content (AvgIpc) is 2.71. The molecule has 0 spiro atoms. The van der Waals surface area contributed by atoms with Gasteiger partial charge in [-0.2, -0.15) is 0 Å². The fourth-order valence-corrected chi connectivity index (χ4v) is 5.57. The molecule has 2 atom stereocenters. The van der Waals surface area contributed by atoms with Gasteiger partial charge < -0.3 is 4.90 Å². The van der Waals surface area contributed by atoms with Gasteiger partial charge in [0.05, 0.1) is 5.54 Å². The number of hydrogen-bond acceptors (Lipinski definition) is 1. The summed E-state index contributed by atoms with van der Waals surface area (Å²) in [5.41, 5.74) is 6.10. The Kier molecular flexibility index (Phi) is 3.43. The lowest BCUT2D eigenvalue weighted by atomic mass is 9.60. The van der Waals surface area contributed by atoms with E-state index in [-0.39, 0.29) is 5.54 Å². The first-order chi connectivity index (χ1) is 11.0. The van der Waals surface area contributed by atoms with Crippen LogP contribution in [0.3, 0.4) is 0 Å². The number of fused-ring (bicyclic) bond motifs is 2. The van der Waals surface area contributed by atoms with Crippen LogP contribution in [0.1, 0.15) is 57.9 Å². The third-order valence-corrected chi connectivity index (χ3v) is 6.83. The van der Waals surface area contributed by atoms with Crippen molar-refractivity contribution < 1.29 is 0 Å². The molecule has 1 heterocycles. The van der Waals surface area contributed by atoms with Crippen LogP contribution in [0.25, 0.3) is 0 Å². The van der Waals surface area contributed by atoms with Crippen molar-refractivity contribution in [1.29, 1.82) is 0 Å². The minimum Gasteiger partial charge on any atom is -0.335 e. The zero-order valence-electron chi connectivity index (χ0n) is 14.5. The molecule has 0 aromatic heterocycles. The van der Waals surface area contributed by atoms with Crippen LogP contribution in [0.4, 0.5) is 5.69 Å². The van der Waals surface area contributed by atoms with Crippen molar-refractivity contribution >= 4 is 17.3 Å². The highest BCUT2D eigenvalue weighted by Gasteiger charge is 2.58. The summed E-state index contributed by atoms with van der Waals surface area (Å²) in [6, 6.07) is 6.49. The van der Waals surface area contributed by atoms with Gasteiger partial charge in [-0.1, -0.05) is 37.4 Å². The van der Waals surface area contributed by atoms with Crippen LogP contribution >= 0.6 is 11.6 Å². The normalized spacial score (nSPS) is 33.0. The molecule has 0 amide bonds. The highest BCUT2D eigenvalue weighted by Crippen LogP contribution is 2.61. The lowest BCUT2D eigenvalue weighted by Crippen LogP contribution is -2.54. The number of halogens is 1. The Morgan fingerprint density at radius 2 is 1.87 bits per heavy atom. The van der Waals surface area contributed by atoms with E-state index in [0.717, 1.165) is 5.02 Å². The first-order valence-corrected chi connectivity index (χ1v) is 9.31. The van der Waals surface area contributed by atoms with E-state index in [1.165, 1.54) is 55.5 Å². The molecule has 2 aliphatic carbocycles. The summed E-state index contributed by atoms with van der Waals surface area (Å²) in [5.74, 6) is 0. The largest absolute Gasteiger partial charge is 0.335 e. The number of aryl methyl sites for hydroxylation is 1. The lowest BCUT2D eigenvalue weighted by Gasteiger charge is -2.51. The molecule has 122 valence electrons. The maximum atomic E-state index is 6.40. The molecule has 1 aromatic rings. The second kappa shape index (κ2) is 5.14. The Balaban J connectivity index is 1.93. The standard InChI is InChI=1S/C21H26ClN/c1-15-12-16(22)14-17(13-15)23-19-9-5-4-8-18(19)20(2)10-6-7-11-21(20,23)3/h5,9,12-14H,4,6-8,10-11H2,1-3H3. The van der Waals surface area contributed by atoms with Crippen molar-refractivity contribution in [2.45, 2.75) is 64.8 Å². The van der Waals surface area contributed by atoms with Gasteiger partial charge in [0.2, 0.25) is 0 Å². The minimum absolute atomic E-state index is 0.168. The van der Waals surface area contributed by atoms with Crippen LogP contribution in [-0.4, -0.2) is 5.54 Å². The quantitative estimate of drug-likeness (QED) is 0.576. The zero-order chi connectivity index (χ0) is 16.2. The van der Waals surface area contributed by atoms with Crippen molar-refractivity contribution in [3.63, 3.8) is 0 Å². The summed E-state index contributed by atoms with van der Waals surface area (Å²) in [6.45, 7) is 7.13. The van der Waals surface area contributed by atoms with E-state index in [9.17, 15) is 0 Å². The third-order valence-electron chi connectivity index (χ3n) is 6.61. The third kappa shape index (κ3) is 2.05. The number of rotatable bonds is 1. The van der Waals surface area contributed by atoms with Gasteiger partial charge in [-0.15, -0.1) is 0 Å². The highest BCUT2D eigenvalue weighted by molar-refractivity contribution is 6.31. The van der Waals surface area contributed by atoms with E-state index < -0.39 is 0 Å². The maximum absolute atomic E-state index is 6.40. The van der Waals surface area contributed by atoms with Crippen molar-refractivity contribution in [3.8, 4) is 0 Å². The predicted octanol–water partition coefficient (Wildman–Crippen LogP) is 6.41. The predicted molar refractivity (Wildman–Crippen MR) is 99.0 cm³/mol. The fourth-order valence-electron chi connectivity index (χ4n) is 5.28. The molecule has 23 heavy (non-hydrogen) atoms. The molecule has 0 bridgehead atoms. The molecule has 0 radical (unpaired) electrons. The zero-order valence-corrected chi connectivity index (χ0v) is 15.2. The van der Waals surface area contributed by atoms with Gasteiger partial charge in [0.25, 0.3) is 0 Å². The number of anilines is 1. The lowest BCUT2D eigenvalue weighted by molar-refractivity contribution is 0.147. The first-order valence-electron chi connectivity index (χ1n) is 8.93. The Hall–Kier alpha value is -1.21. The molecule has 3 aliphatic rings. The van der Waals surface area contributed by atoms with E-state index >= 15 is 0 Å². The summed E-state index contributed by atoms with van der Waals surface area (Å²) in [6.07, 6.45) is 12.4. The van der Waals surface area contributed by atoms with E-state index in [1.54, 1.807) is 5.57 Å². The summed E-state index contributed by atoms with van der Waals surface area (Å²) >= 11 is 6.40. The van der Waals surface area contributed by atoms with Gasteiger partial charge in [0.15, 0.2) is 0 Å². The van der Waals surface area contributed by atoms with Crippen LogP contribution in [0, 0.1) is 12.3 Å². The summed E-state index contributed by atoms with van der Waals surface area (Å²) in [4.78, 5) is 2.62. The van der Waals surface area contributed by atoms with E-state index in [0.29, 0.717) is 5.41 Å². The summed E-state index contributed by atoms with van der Waals surface area (Å²) < 4.78 is 0. The SMILES string of the molecule is Cc1cc(Cl)cc(N2C3=C(CCC=C3)C3(C)CCCCC23C)c1. The second-order valence-corrected chi connectivity index (χ2v) is 8.38. The molecular weight excluding hydrogens is 302 g/mol. The molecule has 1 saturated carbocycles. The first kappa shape index (κ1) is 15.3. The molecule has 1 aliphatic heterocycles. The Labute approximate surface area is 145 Å². The molecule has 1 nitrogen and oxygen atoms in total. The minimum atomic E-state index is 0.168. The smallest absolute Gasteiger partial charge is 0.0514 e. The van der Waals surface area contributed by atoms with E-state index in [2.05, 4.69) is 56.0 Å². The second-order valence-electron chi connectivity index (χ2n) is 7.94. The molecule has 1 fully saturated rings. The van der Waals surface area contributed by atoms with Crippen molar-refractivity contribution in [2.24, 2.45) is 5.41 Å². The van der Waals surface area contributed by atoms with Gasteiger partial charge >= 0.3 is 0 Å². The van der Waals surface area contributed by atoms with Crippen LogP contribution in [0.2, 0.25) is 5.02 Å². The highest BCUT2D eigenvalue weighted by atomic mass is 35.5. The topological polar surface area (TPSA) is 3.24 Å². The number of benzene rings is 1. The molecule has 2 heteroatoms. The Morgan fingerprint density at radius 3 is 2.65 bits per heavy atom. The monoisotopic (exact) mass is 327 g/mol. The van der Waals surface area contributed by atoms with E-state index in [4.69, 9.17) is 11.6 Å². The van der Waals surface area contributed by atoms with Crippen LogP contribution in [-0.2, 0) is 0 Å². The molecule has 1 aromatic carbocycles. The summed E-state index contributed by atoms with van der Waals surface area (Å²) in [5, 5.41) is 0.843. The fraction of sp³-hybridized carbons (Fsp3) is 0.524. The van der Waals surface area contributed by atoms with E-state index in [1.807, 2.05) is 0 Å². The number of hydrogen-bond donors (Lipinski definition) is 0. The average molecular weight is 328 g/mol. The van der Waals surface area contributed by atoms with Gasteiger partial charge in [-0.3, -0.25) is 0 Å². The summed E-state index contributed by atoms with van der Waals surface area (Å²) in [7, 11) is 0. The molecule has 4 rings (SSSR count). The van der Waals surface area contributed by atoms with Crippen molar-refractivity contribution in [1.82, 2.24) is 0 Å². The molecule has 0 N–H and O–H groups in total. The molecular formula is C21H26ClN. The maximum Gasteiger partial charge on any atom is 0.0514 e. The van der Waals surface area contributed by atoms with Crippen LogP contribution in [0.5, 0.6) is 0 Å². The Morgan fingerprint density at radius 1 is 1.09 bits per heavy atom. The van der Waals surface area contributed by atoms with Crippen molar-refractivity contribution in [2.75, 3.05) is 4.90 Å². The number of nitrogens with zero attached hydrogens (tertiary/aromatic N) is 1. The van der Waals surface area contributed by atoms with Gasteiger partial charge in [-0.05, 0) is 74.9 Å². The molecule has 0 saturated heterocycles. The van der Waals surface area contributed by atoms with Gasteiger partial charge in [0, 0.05) is 21.8 Å². The Bertz CT molecular complexity index is 696. The number of allylic oxidation sites excluding steroid dienone is 2.